The molecule has 0 aliphatic carbocycles. The van der Waals surface area contributed by atoms with Gasteiger partial charge in [-0.25, -0.2) is 0 Å². The molecule has 0 aromatic heterocycles. The molecule has 0 spiro atoms. The third-order valence-electron chi connectivity index (χ3n) is 3.16. The van der Waals surface area contributed by atoms with E-state index in [9.17, 15) is 4.57 Å². The monoisotopic (exact) mass is 492 g/mol. The van der Waals surface area contributed by atoms with Crippen LogP contribution in [0.15, 0.2) is 24.3 Å². The standard InChI is InChI=1S/C19H41O5PSi4/c1-26(2,3)21-18-16-14-13-15-17(18)19(22-27(4,5)6)25(20,23-28(7,8)9)24-29(10,11)12/h13-16,19H,1-12H3. The third kappa shape index (κ3) is 10.2. The first-order chi connectivity index (χ1) is 12.7. The van der Waals surface area contributed by atoms with E-state index in [1.165, 1.54) is 0 Å². The molecule has 5 nitrogen and oxygen atoms in total. The van der Waals surface area contributed by atoms with Gasteiger partial charge in [0, 0.05) is 5.56 Å². The van der Waals surface area contributed by atoms with Crippen molar-refractivity contribution in [1.29, 1.82) is 0 Å². The van der Waals surface area contributed by atoms with Crippen LogP contribution >= 0.6 is 7.60 Å². The Kier molecular flexibility index (Phi) is 8.61. The second-order valence-electron chi connectivity index (χ2n) is 11.3. The predicted molar refractivity (Wildman–Crippen MR) is 134 cm³/mol. The van der Waals surface area contributed by atoms with Crippen molar-refractivity contribution < 1.29 is 21.8 Å². The zero-order chi connectivity index (χ0) is 22.9. The molecule has 10 heteroatoms. The smallest absolute Gasteiger partial charge is 0.343 e. The van der Waals surface area contributed by atoms with Gasteiger partial charge in [-0.3, -0.25) is 4.57 Å². The van der Waals surface area contributed by atoms with Gasteiger partial charge >= 0.3 is 7.60 Å². The molecule has 0 aliphatic heterocycles. The Balaban J connectivity index is 3.67. The summed E-state index contributed by atoms with van der Waals surface area (Å²) in [6.45, 7) is 24.9. The molecule has 0 saturated heterocycles. The Labute approximate surface area is 182 Å². The molecule has 1 unspecified atom stereocenters. The zero-order valence-corrected chi connectivity index (χ0v) is 25.3. The quantitative estimate of drug-likeness (QED) is 0.248. The number of para-hydroxylation sites is 1. The van der Waals surface area contributed by atoms with Crippen LogP contribution in [0.25, 0.3) is 0 Å². The van der Waals surface area contributed by atoms with E-state index in [0.717, 1.165) is 5.56 Å². The summed E-state index contributed by atoms with van der Waals surface area (Å²) in [6.07, 6.45) is 0. The van der Waals surface area contributed by atoms with Gasteiger partial charge in [-0.05, 0) is 84.6 Å². The van der Waals surface area contributed by atoms with Crippen molar-refractivity contribution in [2.45, 2.75) is 84.4 Å². The lowest BCUT2D eigenvalue weighted by molar-refractivity contribution is 0.223. The summed E-state index contributed by atoms with van der Waals surface area (Å²) >= 11 is 0. The molecule has 1 aromatic rings. The van der Waals surface area contributed by atoms with Crippen molar-refractivity contribution in [1.82, 2.24) is 0 Å². The van der Waals surface area contributed by atoms with Crippen molar-refractivity contribution in [3.8, 4) is 5.75 Å². The zero-order valence-electron chi connectivity index (χ0n) is 20.4. The van der Waals surface area contributed by atoms with Crippen LogP contribution in [0, 0.1) is 0 Å². The highest BCUT2D eigenvalue weighted by Gasteiger charge is 2.47. The molecule has 1 atom stereocenters. The van der Waals surface area contributed by atoms with Crippen LogP contribution in [0.2, 0.25) is 78.6 Å². The topological polar surface area (TPSA) is 54.0 Å². The third-order valence-corrected chi connectivity index (χ3v) is 12.5. The van der Waals surface area contributed by atoms with Crippen LogP contribution in [0.5, 0.6) is 5.75 Å². The van der Waals surface area contributed by atoms with Crippen LogP contribution in [0.3, 0.4) is 0 Å². The minimum atomic E-state index is -3.61. The summed E-state index contributed by atoms with van der Waals surface area (Å²) in [5, 5.41) is 0. The van der Waals surface area contributed by atoms with E-state index in [1.807, 2.05) is 63.5 Å². The molecular formula is C19H41O5PSi4. The molecule has 168 valence electrons. The van der Waals surface area contributed by atoms with E-state index >= 15 is 0 Å². The molecule has 0 saturated carbocycles. The highest BCUT2D eigenvalue weighted by molar-refractivity contribution is 7.57. The maximum atomic E-state index is 14.4. The fraction of sp³-hybridized carbons (Fsp3) is 0.684. The maximum absolute atomic E-state index is 14.4. The van der Waals surface area contributed by atoms with E-state index in [0.29, 0.717) is 5.75 Å². The molecule has 0 bridgehead atoms. The number of hydrogen-bond acceptors (Lipinski definition) is 5. The van der Waals surface area contributed by atoms with Crippen LogP contribution in [0.1, 0.15) is 11.4 Å². The van der Waals surface area contributed by atoms with E-state index in [2.05, 4.69) is 39.3 Å². The summed E-state index contributed by atoms with van der Waals surface area (Å²) in [7, 11) is -12.0. The van der Waals surface area contributed by atoms with E-state index in [-0.39, 0.29) is 0 Å². The summed E-state index contributed by atoms with van der Waals surface area (Å²) in [4.78, 5) is 0. The second-order valence-corrected chi connectivity index (χ2v) is 31.6. The van der Waals surface area contributed by atoms with Crippen molar-refractivity contribution >= 4 is 40.9 Å². The van der Waals surface area contributed by atoms with Gasteiger partial charge in [0.1, 0.15) is 5.75 Å². The van der Waals surface area contributed by atoms with Gasteiger partial charge in [-0.2, -0.15) is 0 Å². The Morgan fingerprint density at radius 3 is 1.52 bits per heavy atom. The maximum Gasteiger partial charge on any atom is 0.343 e. The lowest BCUT2D eigenvalue weighted by Gasteiger charge is -2.39. The van der Waals surface area contributed by atoms with Gasteiger partial charge in [0.05, 0.1) is 0 Å². The van der Waals surface area contributed by atoms with Crippen molar-refractivity contribution in [3.63, 3.8) is 0 Å². The van der Waals surface area contributed by atoms with E-state index in [4.69, 9.17) is 17.3 Å². The Morgan fingerprint density at radius 1 is 0.690 bits per heavy atom. The van der Waals surface area contributed by atoms with Gasteiger partial charge in [0.15, 0.2) is 30.8 Å². The number of benzene rings is 1. The minimum Gasteiger partial charge on any atom is -0.544 e. The first kappa shape index (κ1) is 27.0. The number of rotatable bonds is 10. The largest absolute Gasteiger partial charge is 0.544 e. The van der Waals surface area contributed by atoms with E-state index < -0.39 is 46.7 Å². The fourth-order valence-corrected chi connectivity index (χ4v) is 13.6. The van der Waals surface area contributed by atoms with E-state index in [1.54, 1.807) is 0 Å². The lowest BCUT2D eigenvalue weighted by Crippen LogP contribution is -2.36. The lowest BCUT2D eigenvalue weighted by atomic mass is 10.2. The molecular weight excluding hydrogens is 452 g/mol. The molecule has 0 radical (unpaired) electrons. The molecule has 29 heavy (non-hydrogen) atoms. The highest BCUT2D eigenvalue weighted by Crippen LogP contribution is 2.66. The Morgan fingerprint density at radius 2 is 1.14 bits per heavy atom. The Bertz CT molecular complexity index is 710. The Hall–Kier alpha value is -0.00247. The number of hydrogen-bond donors (Lipinski definition) is 0. The fourth-order valence-electron chi connectivity index (χ4n) is 2.62. The minimum absolute atomic E-state index is 0.716. The molecule has 0 N–H and O–H groups in total. The second kappa shape index (κ2) is 9.24. The molecule has 0 aliphatic rings. The summed E-state index contributed by atoms with van der Waals surface area (Å²) in [6, 6.07) is 7.74. The molecule has 1 aromatic carbocycles. The van der Waals surface area contributed by atoms with Gasteiger partial charge in [-0.15, -0.1) is 0 Å². The van der Waals surface area contributed by atoms with Crippen molar-refractivity contribution in [2.24, 2.45) is 0 Å². The average molecular weight is 493 g/mol. The van der Waals surface area contributed by atoms with Crippen LogP contribution < -0.4 is 4.43 Å². The molecule has 0 heterocycles. The summed E-state index contributed by atoms with van der Waals surface area (Å²) in [5.74, 6) is -0.0753. The average Bonchev–Trinajstić information content (AvgIpc) is 2.38. The van der Waals surface area contributed by atoms with Gasteiger partial charge in [0.25, 0.3) is 0 Å². The SMILES string of the molecule is C[Si](C)(C)Oc1ccccc1C(O[Si](C)(C)C)P(=O)(O[Si](C)(C)C)O[Si](C)(C)C. The van der Waals surface area contributed by atoms with Gasteiger partial charge < -0.3 is 17.3 Å². The normalized spacial score (nSPS) is 15.3. The summed E-state index contributed by atoms with van der Waals surface area (Å²) < 4.78 is 39.9. The van der Waals surface area contributed by atoms with Crippen LogP contribution in [0.4, 0.5) is 0 Å². The summed E-state index contributed by atoms with van der Waals surface area (Å²) in [5.41, 5.74) is 0.761. The molecule has 0 amide bonds. The molecule has 1 rings (SSSR count). The van der Waals surface area contributed by atoms with Crippen LogP contribution in [-0.2, 0) is 17.4 Å². The van der Waals surface area contributed by atoms with Crippen LogP contribution in [-0.4, -0.2) is 33.3 Å². The van der Waals surface area contributed by atoms with Gasteiger partial charge in [0.2, 0.25) is 8.32 Å². The van der Waals surface area contributed by atoms with Crippen molar-refractivity contribution in [3.05, 3.63) is 29.8 Å². The predicted octanol–water partition coefficient (Wildman–Crippen LogP) is 7.65. The molecule has 0 fully saturated rings. The van der Waals surface area contributed by atoms with Gasteiger partial charge in [-0.1, -0.05) is 18.2 Å². The first-order valence-corrected chi connectivity index (χ1v) is 25.4. The highest BCUT2D eigenvalue weighted by atomic mass is 31.2. The van der Waals surface area contributed by atoms with Crippen molar-refractivity contribution in [2.75, 3.05) is 0 Å². The first-order valence-electron chi connectivity index (χ1n) is 10.2.